The average Bonchev–Trinajstić information content (AvgIpc) is 3.03. The number of benzene rings is 2. The average molecular weight is 355 g/mol. The zero-order chi connectivity index (χ0) is 17.6. The third kappa shape index (κ3) is 2.76. The van der Waals surface area contributed by atoms with Crippen molar-refractivity contribution in [2.24, 2.45) is 5.10 Å². The van der Waals surface area contributed by atoms with Gasteiger partial charge in [-0.05, 0) is 30.7 Å². The van der Waals surface area contributed by atoms with Crippen molar-refractivity contribution in [3.63, 3.8) is 0 Å². The fourth-order valence-corrected chi connectivity index (χ4v) is 3.77. The van der Waals surface area contributed by atoms with Crippen LogP contribution in [-0.4, -0.2) is 21.6 Å². The van der Waals surface area contributed by atoms with Crippen LogP contribution in [0.5, 0.6) is 5.75 Å². The van der Waals surface area contributed by atoms with Crippen molar-refractivity contribution in [1.82, 2.24) is 5.01 Å². The lowest BCUT2D eigenvalue weighted by molar-refractivity contribution is -0.0697. The summed E-state index contributed by atoms with van der Waals surface area (Å²) in [6.07, 6.45) is 2.45. The molecule has 0 bridgehead atoms. The van der Waals surface area contributed by atoms with Gasteiger partial charge in [0.05, 0.1) is 17.5 Å². The maximum Gasteiger partial charge on any atom is 0.218 e. The van der Waals surface area contributed by atoms with Crippen LogP contribution in [0.3, 0.4) is 0 Å². The third-order valence-corrected chi connectivity index (χ3v) is 4.83. The topological polar surface area (TPSA) is 45.1 Å². The molecule has 2 aliphatic rings. The van der Waals surface area contributed by atoms with Crippen molar-refractivity contribution in [2.75, 3.05) is 0 Å². The van der Waals surface area contributed by atoms with Crippen molar-refractivity contribution in [2.45, 2.75) is 32.0 Å². The molecule has 0 radical (unpaired) electrons. The molecule has 0 fully saturated rings. The van der Waals surface area contributed by atoms with Crippen molar-refractivity contribution < 1.29 is 9.84 Å². The second-order valence-electron chi connectivity index (χ2n) is 6.60. The summed E-state index contributed by atoms with van der Waals surface area (Å²) in [4.78, 5) is 0. The van der Waals surface area contributed by atoms with E-state index in [-0.39, 0.29) is 11.8 Å². The molecule has 0 amide bonds. The molecule has 0 aromatic heterocycles. The SMILES string of the molecule is C/C(O)=C/[C@]1(C)Oc2ccc(Cl)cc2[C@@H]2CC(c3ccccc3)=NN21. The zero-order valence-electron chi connectivity index (χ0n) is 14.1. The molecule has 25 heavy (non-hydrogen) atoms. The van der Waals surface area contributed by atoms with E-state index in [1.165, 1.54) is 0 Å². The second kappa shape index (κ2) is 5.81. The molecule has 4 nitrogen and oxygen atoms in total. The van der Waals surface area contributed by atoms with Gasteiger partial charge in [0.1, 0.15) is 5.75 Å². The van der Waals surface area contributed by atoms with Gasteiger partial charge in [0, 0.05) is 30.0 Å². The first-order valence-corrected chi connectivity index (χ1v) is 8.63. The van der Waals surface area contributed by atoms with E-state index in [0.717, 1.165) is 29.0 Å². The highest BCUT2D eigenvalue weighted by Gasteiger charge is 2.46. The number of hydrazone groups is 1. The van der Waals surface area contributed by atoms with Gasteiger partial charge in [0.25, 0.3) is 0 Å². The first-order chi connectivity index (χ1) is 12.0. The highest BCUT2D eigenvalue weighted by molar-refractivity contribution is 6.30. The number of aliphatic hydroxyl groups excluding tert-OH is 1. The molecule has 5 heteroatoms. The van der Waals surface area contributed by atoms with Gasteiger partial charge in [-0.25, -0.2) is 5.01 Å². The number of nitrogens with zero attached hydrogens (tertiary/aromatic N) is 2. The Bertz CT molecular complexity index is 875. The summed E-state index contributed by atoms with van der Waals surface area (Å²) in [7, 11) is 0. The highest BCUT2D eigenvalue weighted by Crippen LogP contribution is 2.48. The minimum Gasteiger partial charge on any atom is -0.513 e. The molecule has 0 saturated heterocycles. The van der Waals surface area contributed by atoms with Gasteiger partial charge in [0.2, 0.25) is 5.72 Å². The molecule has 4 rings (SSSR count). The molecule has 2 aliphatic heterocycles. The van der Waals surface area contributed by atoms with Crippen LogP contribution in [0.25, 0.3) is 0 Å². The number of ether oxygens (including phenoxy) is 1. The summed E-state index contributed by atoms with van der Waals surface area (Å²) >= 11 is 6.21. The molecule has 2 atom stereocenters. The van der Waals surface area contributed by atoms with Crippen LogP contribution >= 0.6 is 11.6 Å². The summed E-state index contributed by atoms with van der Waals surface area (Å²) in [6.45, 7) is 3.55. The van der Waals surface area contributed by atoms with E-state index in [1.807, 2.05) is 48.3 Å². The Morgan fingerprint density at radius 2 is 2.08 bits per heavy atom. The maximum atomic E-state index is 9.85. The van der Waals surface area contributed by atoms with Gasteiger partial charge >= 0.3 is 0 Å². The van der Waals surface area contributed by atoms with E-state index in [2.05, 4.69) is 12.1 Å². The predicted molar refractivity (Wildman–Crippen MR) is 99.0 cm³/mol. The number of rotatable bonds is 2. The zero-order valence-corrected chi connectivity index (χ0v) is 14.9. The third-order valence-electron chi connectivity index (χ3n) is 4.60. The molecule has 128 valence electrons. The van der Waals surface area contributed by atoms with E-state index >= 15 is 0 Å². The Morgan fingerprint density at radius 3 is 2.80 bits per heavy atom. The molecular weight excluding hydrogens is 336 g/mol. The lowest BCUT2D eigenvalue weighted by Crippen LogP contribution is -2.50. The van der Waals surface area contributed by atoms with Crippen molar-refractivity contribution in [1.29, 1.82) is 0 Å². The molecule has 0 spiro atoms. The largest absolute Gasteiger partial charge is 0.513 e. The molecule has 0 saturated carbocycles. The van der Waals surface area contributed by atoms with E-state index in [9.17, 15) is 5.11 Å². The number of allylic oxidation sites excluding steroid dienone is 1. The molecule has 2 aromatic carbocycles. The maximum absolute atomic E-state index is 9.85. The number of fused-ring (bicyclic) bond motifs is 3. The summed E-state index contributed by atoms with van der Waals surface area (Å²) in [5, 5.41) is 17.3. The van der Waals surface area contributed by atoms with Crippen LogP contribution in [0.2, 0.25) is 5.02 Å². The molecule has 0 unspecified atom stereocenters. The smallest absolute Gasteiger partial charge is 0.218 e. The lowest BCUT2D eigenvalue weighted by atomic mass is 9.94. The quantitative estimate of drug-likeness (QED) is 0.766. The fraction of sp³-hybridized carbons (Fsp3) is 0.250. The molecule has 2 heterocycles. The van der Waals surface area contributed by atoms with Gasteiger partial charge in [-0.3, -0.25) is 0 Å². The van der Waals surface area contributed by atoms with Gasteiger partial charge in [0.15, 0.2) is 0 Å². The second-order valence-corrected chi connectivity index (χ2v) is 7.04. The fourth-order valence-electron chi connectivity index (χ4n) is 3.59. The molecule has 1 N–H and O–H groups in total. The van der Waals surface area contributed by atoms with Gasteiger partial charge < -0.3 is 9.84 Å². The van der Waals surface area contributed by atoms with Crippen molar-refractivity contribution >= 4 is 17.3 Å². The first-order valence-electron chi connectivity index (χ1n) is 8.25. The Hall–Kier alpha value is -2.46. The summed E-state index contributed by atoms with van der Waals surface area (Å²) in [6, 6.07) is 15.8. The minimum atomic E-state index is -0.860. The minimum absolute atomic E-state index is 0.0123. The van der Waals surface area contributed by atoms with E-state index in [0.29, 0.717) is 5.02 Å². The van der Waals surface area contributed by atoms with E-state index in [1.54, 1.807) is 13.0 Å². The lowest BCUT2D eigenvalue weighted by Gasteiger charge is -2.44. The van der Waals surface area contributed by atoms with Gasteiger partial charge in [-0.15, -0.1) is 0 Å². The van der Waals surface area contributed by atoms with Crippen molar-refractivity contribution in [3.05, 3.63) is 76.5 Å². The van der Waals surface area contributed by atoms with Crippen LogP contribution in [0.1, 0.15) is 37.4 Å². The number of halogens is 1. The van der Waals surface area contributed by atoms with Gasteiger partial charge in [-0.1, -0.05) is 41.9 Å². The van der Waals surface area contributed by atoms with E-state index < -0.39 is 5.72 Å². The standard InChI is InChI=1S/C20H19ClN2O2/c1-13(24)12-20(2)23-18(16-10-15(21)8-9-19(16)25-20)11-17(22-23)14-6-4-3-5-7-14/h3-10,12,18,24H,11H2,1-2H3/b13-12-/t18-,20-/m0/s1. The van der Waals surface area contributed by atoms with Crippen LogP contribution in [-0.2, 0) is 0 Å². The van der Waals surface area contributed by atoms with Crippen LogP contribution in [0, 0.1) is 0 Å². The Morgan fingerprint density at radius 1 is 1.32 bits per heavy atom. The Labute approximate surface area is 152 Å². The molecule has 0 aliphatic carbocycles. The highest BCUT2D eigenvalue weighted by atomic mass is 35.5. The molecular formula is C20H19ClN2O2. The Kier molecular flexibility index (Phi) is 3.73. The summed E-state index contributed by atoms with van der Waals surface area (Å²) < 4.78 is 6.21. The van der Waals surface area contributed by atoms with Crippen LogP contribution in [0.4, 0.5) is 0 Å². The van der Waals surface area contributed by atoms with Gasteiger partial charge in [-0.2, -0.15) is 5.10 Å². The Balaban J connectivity index is 1.84. The predicted octanol–water partition coefficient (Wildman–Crippen LogP) is 5.06. The summed E-state index contributed by atoms with van der Waals surface area (Å²) in [5.74, 6) is 0.970. The first kappa shape index (κ1) is 16.0. The van der Waals surface area contributed by atoms with Crippen molar-refractivity contribution in [3.8, 4) is 5.75 Å². The number of hydrogen-bond acceptors (Lipinski definition) is 4. The normalized spacial score (nSPS) is 25.1. The van der Waals surface area contributed by atoms with Crippen LogP contribution in [0.15, 0.2) is 65.5 Å². The monoisotopic (exact) mass is 354 g/mol. The van der Waals surface area contributed by atoms with E-state index in [4.69, 9.17) is 21.4 Å². The summed E-state index contributed by atoms with van der Waals surface area (Å²) in [5.41, 5.74) is 2.24. The number of aliphatic hydroxyl groups is 1. The number of hydrogen-bond donors (Lipinski definition) is 1. The molecule has 2 aromatic rings. The van der Waals surface area contributed by atoms with Crippen LogP contribution < -0.4 is 4.74 Å².